The standard InChI is InChI=1S/C18H22N6O/c25-18(14-4-7-16(19-13-14)21-15-5-6-15)24-10-2-9-23(11-12-24)17-3-1-8-20-22-17/h1,3-4,7-8,13,15H,2,5-6,9-12H2,(H,19,21). The van der Waals surface area contributed by atoms with E-state index in [0.29, 0.717) is 18.2 Å². The molecule has 2 aromatic rings. The van der Waals surface area contributed by atoms with Crippen molar-refractivity contribution in [3.05, 3.63) is 42.2 Å². The summed E-state index contributed by atoms with van der Waals surface area (Å²) in [5.41, 5.74) is 0.647. The number of carbonyl (C=O) groups is 1. The predicted octanol–water partition coefficient (Wildman–Crippen LogP) is 1.80. The van der Waals surface area contributed by atoms with Crippen molar-refractivity contribution in [1.29, 1.82) is 0 Å². The zero-order valence-electron chi connectivity index (χ0n) is 14.1. The molecular weight excluding hydrogens is 316 g/mol. The molecular formula is C18H22N6O. The van der Waals surface area contributed by atoms with Crippen LogP contribution in [-0.4, -0.2) is 58.2 Å². The van der Waals surface area contributed by atoms with Gasteiger partial charge in [-0.05, 0) is 43.5 Å². The van der Waals surface area contributed by atoms with Crippen LogP contribution in [0.2, 0.25) is 0 Å². The molecule has 0 bridgehead atoms. The third kappa shape index (κ3) is 3.87. The van der Waals surface area contributed by atoms with Crippen molar-refractivity contribution in [2.24, 2.45) is 0 Å². The SMILES string of the molecule is O=C(c1ccc(NC2CC2)nc1)N1CCCN(c2cccnn2)CC1. The lowest BCUT2D eigenvalue weighted by molar-refractivity contribution is 0.0766. The maximum absolute atomic E-state index is 12.8. The van der Waals surface area contributed by atoms with Crippen molar-refractivity contribution < 1.29 is 4.79 Å². The van der Waals surface area contributed by atoms with Gasteiger partial charge >= 0.3 is 0 Å². The first-order chi connectivity index (χ1) is 12.3. The van der Waals surface area contributed by atoms with Crippen LogP contribution in [0.3, 0.4) is 0 Å². The van der Waals surface area contributed by atoms with E-state index in [0.717, 1.165) is 37.7 Å². The van der Waals surface area contributed by atoms with Gasteiger partial charge in [0, 0.05) is 44.6 Å². The topological polar surface area (TPSA) is 74.2 Å². The zero-order valence-corrected chi connectivity index (χ0v) is 14.1. The Balaban J connectivity index is 1.38. The molecule has 7 heteroatoms. The van der Waals surface area contributed by atoms with Gasteiger partial charge in [-0.25, -0.2) is 4.98 Å². The summed E-state index contributed by atoms with van der Waals surface area (Å²) in [5, 5.41) is 11.4. The highest BCUT2D eigenvalue weighted by atomic mass is 16.2. The summed E-state index contributed by atoms with van der Waals surface area (Å²) in [5.74, 6) is 1.77. The number of pyridine rings is 1. The van der Waals surface area contributed by atoms with Crippen molar-refractivity contribution in [1.82, 2.24) is 20.1 Å². The molecule has 2 fully saturated rings. The van der Waals surface area contributed by atoms with Crippen LogP contribution in [0.5, 0.6) is 0 Å². The lowest BCUT2D eigenvalue weighted by atomic mass is 10.2. The number of anilines is 2. The highest BCUT2D eigenvalue weighted by molar-refractivity contribution is 5.94. The fourth-order valence-corrected chi connectivity index (χ4v) is 3.04. The molecule has 1 aliphatic carbocycles. The van der Waals surface area contributed by atoms with Gasteiger partial charge in [-0.1, -0.05) is 0 Å². The first-order valence-electron chi connectivity index (χ1n) is 8.84. The molecule has 3 heterocycles. The zero-order chi connectivity index (χ0) is 17.1. The average molecular weight is 338 g/mol. The Bertz CT molecular complexity index is 716. The maximum atomic E-state index is 12.8. The van der Waals surface area contributed by atoms with Gasteiger partial charge in [0.05, 0.1) is 5.56 Å². The van der Waals surface area contributed by atoms with Gasteiger partial charge in [-0.15, -0.1) is 5.10 Å². The first-order valence-corrected chi connectivity index (χ1v) is 8.84. The highest BCUT2D eigenvalue weighted by Crippen LogP contribution is 2.23. The lowest BCUT2D eigenvalue weighted by Gasteiger charge is -2.22. The van der Waals surface area contributed by atoms with Gasteiger partial charge < -0.3 is 15.1 Å². The normalized spacial score (nSPS) is 17.9. The summed E-state index contributed by atoms with van der Waals surface area (Å²) in [6, 6.07) is 8.17. The van der Waals surface area contributed by atoms with Crippen LogP contribution in [0.4, 0.5) is 11.6 Å². The molecule has 2 aromatic heterocycles. The number of nitrogens with zero attached hydrogens (tertiary/aromatic N) is 5. The van der Waals surface area contributed by atoms with E-state index in [1.165, 1.54) is 12.8 Å². The van der Waals surface area contributed by atoms with Crippen molar-refractivity contribution in [2.45, 2.75) is 25.3 Å². The molecule has 25 heavy (non-hydrogen) atoms. The van der Waals surface area contributed by atoms with Crippen LogP contribution in [-0.2, 0) is 0 Å². The number of hydrogen-bond acceptors (Lipinski definition) is 6. The summed E-state index contributed by atoms with van der Waals surface area (Å²) in [6.07, 6.45) is 6.68. The van der Waals surface area contributed by atoms with Gasteiger partial charge in [0.1, 0.15) is 5.82 Å². The van der Waals surface area contributed by atoms with Gasteiger partial charge in [0.25, 0.3) is 5.91 Å². The van der Waals surface area contributed by atoms with Crippen molar-refractivity contribution in [3.8, 4) is 0 Å². The van der Waals surface area contributed by atoms with Crippen LogP contribution >= 0.6 is 0 Å². The summed E-state index contributed by atoms with van der Waals surface area (Å²) < 4.78 is 0. The van der Waals surface area contributed by atoms with Gasteiger partial charge in [0.2, 0.25) is 0 Å². The summed E-state index contributed by atoms with van der Waals surface area (Å²) in [6.45, 7) is 3.07. The Labute approximate surface area is 147 Å². The van der Waals surface area contributed by atoms with E-state index in [1.807, 2.05) is 29.2 Å². The third-order valence-electron chi connectivity index (χ3n) is 4.61. The van der Waals surface area contributed by atoms with Crippen LogP contribution in [0.25, 0.3) is 0 Å². The average Bonchev–Trinajstić information content (AvgIpc) is 3.49. The van der Waals surface area contributed by atoms with Gasteiger partial charge in [-0.3, -0.25) is 4.79 Å². The van der Waals surface area contributed by atoms with Crippen molar-refractivity contribution >= 4 is 17.5 Å². The second kappa shape index (κ2) is 7.04. The molecule has 0 radical (unpaired) electrons. The smallest absolute Gasteiger partial charge is 0.255 e. The molecule has 4 rings (SSSR count). The van der Waals surface area contributed by atoms with Gasteiger partial charge in [-0.2, -0.15) is 5.10 Å². The van der Waals surface area contributed by atoms with Crippen LogP contribution in [0.15, 0.2) is 36.7 Å². The molecule has 0 spiro atoms. The quantitative estimate of drug-likeness (QED) is 0.916. The monoisotopic (exact) mass is 338 g/mol. The molecule has 1 aliphatic heterocycles. The minimum absolute atomic E-state index is 0.0477. The summed E-state index contributed by atoms with van der Waals surface area (Å²) in [7, 11) is 0. The number of amides is 1. The van der Waals surface area contributed by atoms with E-state index in [4.69, 9.17) is 0 Å². The Kier molecular flexibility index (Phi) is 4.45. The minimum atomic E-state index is 0.0477. The van der Waals surface area contributed by atoms with Crippen molar-refractivity contribution in [3.63, 3.8) is 0 Å². The van der Waals surface area contributed by atoms with E-state index in [9.17, 15) is 4.79 Å². The van der Waals surface area contributed by atoms with Crippen LogP contribution in [0.1, 0.15) is 29.6 Å². The Morgan fingerprint density at radius 2 is 2.04 bits per heavy atom. The summed E-state index contributed by atoms with van der Waals surface area (Å²) >= 11 is 0. The molecule has 130 valence electrons. The maximum Gasteiger partial charge on any atom is 0.255 e. The van der Waals surface area contributed by atoms with Gasteiger partial charge in [0.15, 0.2) is 5.82 Å². The number of carbonyl (C=O) groups excluding carboxylic acids is 1. The lowest BCUT2D eigenvalue weighted by Crippen LogP contribution is -2.35. The second-order valence-electron chi connectivity index (χ2n) is 6.57. The number of nitrogens with one attached hydrogen (secondary N) is 1. The summed E-state index contributed by atoms with van der Waals surface area (Å²) in [4.78, 5) is 21.2. The fraction of sp³-hybridized carbons (Fsp3) is 0.444. The Morgan fingerprint density at radius 1 is 1.12 bits per heavy atom. The van der Waals surface area contributed by atoms with Crippen molar-refractivity contribution in [2.75, 3.05) is 36.4 Å². The fourth-order valence-electron chi connectivity index (χ4n) is 3.04. The molecule has 1 amide bonds. The van der Waals surface area contributed by atoms with E-state index >= 15 is 0 Å². The van der Waals surface area contributed by atoms with Crippen LogP contribution in [0, 0.1) is 0 Å². The third-order valence-corrected chi connectivity index (χ3v) is 4.61. The first kappa shape index (κ1) is 15.8. The molecule has 0 aromatic carbocycles. The van der Waals surface area contributed by atoms with E-state index < -0.39 is 0 Å². The molecule has 0 atom stereocenters. The Hall–Kier alpha value is -2.70. The van der Waals surface area contributed by atoms with Crippen LogP contribution < -0.4 is 10.2 Å². The minimum Gasteiger partial charge on any atom is -0.367 e. The molecule has 1 N–H and O–H groups in total. The molecule has 1 saturated carbocycles. The van der Waals surface area contributed by atoms with E-state index in [1.54, 1.807) is 12.4 Å². The molecule has 0 unspecified atom stereocenters. The highest BCUT2D eigenvalue weighted by Gasteiger charge is 2.23. The second-order valence-corrected chi connectivity index (χ2v) is 6.57. The van der Waals surface area contributed by atoms with E-state index in [2.05, 4.69) is 25.4 Å². The number of hydrogen-bond donors (Lipinski definition) is 1. The van der Waals surface area contributed by atoms with E-state index in [-0.39, 0.29) is 5.91 Å². The predicted molar refractivity (Wildman–Crippen MR) is 95.6 cm³/mol. The molecule has 7 nitrogen and oxygen atoms in total. The molecule has 1 saturated heterocycles. The largest absolute Gasteiger partial charge is 0.367 e. The number of rotatable bonds is 4. The Morgan fingerprint density at radius 3 is 2.76 bits per heavy atom. The number of aromatic nitrogens is 3. The molecule has 2 aliphatic rings.